The summed E-state index contributed by atoms with van der Waals surface area (Å²) in [5, 5.41) is 20.3. The number of allylic oxidation sites excluding steroid dienone is 2. The van der Waals surface area contributed by atoms with Crippen molar-refractivity contribution >= 4 is 23.1 Å². The Balaban J connectivity index is 1.39. The van der Waals surface area contributed by atoms with Crippen LogP contribution in [0.3, 0.4) is 0 Å². The SMILES string of the molecule is O=C(C=C(O)c1ccccc1)c1ccc(Cc2ccc(C(=O)C=C(O)c3ccccc3)cc2)cc1. The number of carbonyl (C=O) groups excluding carboxylic acids is 2. The van der Waals surface area contributed by atoms with E-state index in [0.29, 0.717) is 28.7 Å². The lowest BCUT2D eigenvalue weighted by atomic mass is 10.00. The molecule has 0 heterocycles. The minimum atomic E-state index is -0.271. The van der Waals surface area contributed by atoms with Gasteiger partial charge in [-0.1, -0.05) is 109 Å². The fourth-order valence-corrected chi connectivity index (χ4v) is 3.61. The summed E-state index contributed by atoms with van der Waals surface area (Å²) in [5.74, 6) is -0.678. The maximum Gasteiger partial charge on any atom is 0.189 e. The van der Waals surface area contributed by atoms with Crippen LogP contribution in [-0.4, -0.2) is 21.8 Å². The fraction of sp³-hybridized carbons (Fsp3) is 0.0323. The Morgan fingerprint density at radius 1 is 0.486 bits per heavy atom. The monoisotopic (exact) mass is 460 g/mol. The van der Waals surface area contributed by atoms with Gasteiger partial charge in [0.2, 0.25) is 0 Å². The number of hydrogen-bond acceptors (Lipinski definition) is 4. The second-order valence-corrected chi connectivity index (χ2v) is 8.09. The number of aliphatic hydroxyl groups excluding tert-OH is 2. The summed E-state index contributed by atoms with van der Waals surface area (Å²) in [6.45, 7) is 0. The summed E-state index contributed by atoms with van der Waals surface area (Å²) >= 11 is 0. The Morgan fingerprint density at radius 2 is 0.829 bits per heavy atom. The molecule has 4 nitrogen and oxygen atoms in total. The average Bonchev–Trinajstić information content (AvgIpc) is 2.90. The minimum Gasteiger partial charge on any atom is -0.507 e. The molecule has 4 aromatic rings. The lowest BCUT2D eigenvalue weighted by molar-refractivity contribution is 0.103. The number of rotatable bonds is 8. The lowest BCUT2D eigenvalue weighted by Crippen LogP contribution is -1.99. The zero-order chi connectivity index (χ0) is 24.6. The highest BCUT2D eigenvalue weighted by Crippen LogP contribution is 2.17. The Labute approximate surface area is 204 Å². The average molecular weight is 461 g/mol. The quantitative estimate of drug-likeness (QED) is 0.171. The molecule has 0 bridgehead atoms. The zero-order valence-corrected chi connectivity index (χ0v) is 19.0. The van der Waals surface area contributed by atoms with Gasteiger partial charge in [0, 0.05) is 34.4 Å². The Hall–Kier alpha value is -4.70. The van der Waals surface area contributed by atoms with E-state index in [1.165, 1.54) is 12.2 Å². The number of aliphatic hydroxyl groups is 2. The Kier molecular flexibility index (Phi) is 7.34. The third kappa shape index (κ3) is 6.21. The highest BCUT2D eigenvalue weighted by molar-refractivity contribution is 6.08. The van der Waals surface area contributed by atoms with E-state index in [9.17, 15) is 19.8 Å². The van der Waals surface area contributed by atoms with E-state index in [0.717, 1.165) is 11.1 Å². The predicted octanol–water partition coefficient (Wildman–Crippen LogP) is 6.84. The van der Waals surface area contributed by atoms with E-state index < -0.39 is 0 Å². The predicted molar refractivity (Wildman–Crippen MR) is 138 cm³/mol. The largest absolute Gasteiger partial charge is 0.507 e. The molecule has 0 aliphatic heterocycles. The van der Waals surface area contributed by atoms with Gasteiger partial charge in [-0.15, -0.1) is 0 Å². The van der Waals surface area contributed by atoms with Crippen molar-refractivity contribution in [2.75, 3.05) is 0 Å². The molecule has 2 N–H and O–H groups in total. The van der Waals surface area contributed by atoms with Crippen molar-refractivity contribution in [2.45, 2.75) is 6.42 Å². The fourth-order valence-electron chi connectivity index (χ4n) is 3.61. The van der Waals surface area contributed by atoms with Gasteiger partial charge in [-0.3, -0.25) is 9.59 Å². The molecule has 0 saturated carbocycles. The van der Waals surface area contributed by atoms with Crippen LogP contribution in [0.1, 0.15) is 43.0 Å². The van der Waals surface area contributed by atoms with Gasteiger partial charge < -0.3 is 10.2 Å². The molecule has 4 heteroatoms. The first-order valence-electron chi connectivity index (χ1n) is 11.2. The molecule has 0 saturated heterocycles. The number of ketones is 2. The van der Waals surface area contributed by atoms with Gasteiger partial charge in [-0.05, 0) is 17.5 Å². The van der Waals surface area contributed by atoms with Crippen LogP contribution >= 0.6 is 0 Å². The molecule has 0 amide bonds. The van der Waals surface area contributed by atoms with E-state index >= 15 is 0 Å². The van der Waals surface area contributed by atoms with Crippen LogP contribution in [-0.2, 0) is 6.42 Å². The van der Waals surface area contributed by atoms with Crippen LogP contribution in [0.25, 0.3) is 11.5 Å². The van der Waals surface area contributed by atoms with Crippen LogP contribution < -0.4 is 0 Å². The van der Waals surface area contributed by atoms with E-state index in [4.69, 9.17) is 0 Å². The highest BCUT2D eigenvalue weighted by Gasteiger charge is 2.08. The smallest absolute Gasteiger partial charge is 0.189 e. The van der Waals surface area contributed by atoms with Crippen molar-refractivity contribution in [3.63, 3.8) is 0 Å². The molecular formula is C31H24O4. The van der Waals surface area contributed by atoms with Crippen molar-refractivity contribution < 1.29 is 19.8 Å². The third-order valence-corrected chi connectivity index (χ3v) is 5.56. The molecular weight excluding hydrogens is 436 g/mol. The Morgan fingerprint density at radius 3 is 1.17 bits per heavy atom. The van der Waals surface area contributed by atoms with Crippen LogP contribution in [0, 0.1) is 0 Å². The second-order valence-electron chi connectivity index (χ2n) is 8.09. The van der Waals surface area contributed by atoms with Gasteiger partial charge in [0.05, 0.1) is 0 Å². The van der Waals surface area contributed by atoms with E-state index in [1.54, 1.807) is 72.8 Å². The topological polar surface area (TPSA) is 74.6 Å². The van der Waals surface area contributed by atoms with Crippen LogP contribution in [0.5, 0.6) is 0 Å². The van der Waals surface area contributed by atoms with Crippen LogP contribution in [0.4, 0.5) is 0 Å². The molecule has 4 rings (SSSR count). The summed E-state index contributed by atoms with van der Waals surface area (Å²) in [4.78, 5) is 25.0. The maximum absolute atomic E-state index is 12.5. The first kappa shape index (κ1) is 23.5. The van der Waals surface area contributed by atoms with Crippen molar-refractivity contribution in [3.05, 3.63) is 155 Å². The van der Waals surface area contributed by atoms with Crippen molar-refractivity contribution in [2.24, 2.45) is 0 Å². The van der Waals surface area contributed by atoms with Gasteiger partial charge in [-0.2, -0.15) is 0 Å². The van der Waals surface area contributed by atoms with E-state index in [-0.39, 0.29) is 23.1 Å². The number of hydrogen-bond donors (Lipinski definition) is 2. The normalized spacial score (nSPS) is 11.8. The lowest BCUT2D eigenvalue weighted by Gasteiger charge is -2.05. The van der Waals surface area contributed by atoms with Crippen molar-refractivity contribution in [1.82, 2.24) is 0 Å². The first-order valence-corrected chi connectivity index (χ1v) is 11.2. The molecule has 172 valence electrons. The first-order chi connectivity index (χ1) is 17.0. The summed E-state index contributed by atoms with van der Waals surface area (Å²) in [6.07, 6.45) is 3.09. The summed E-state index contributed by atoms with van der Waals surface area (Å²) < 4.78 is 0. The second kappa shape index (κ2) is 10.9. The minimum absolute atomic E-state index is 0.0683. The highest BCUT2D eigenvalue weighted by atomic mass is 16.3. The molecule has 0 aliphatic carbocycles. The van der Waals surface area contributed by atoms with Gasteiger partial charge in [0.1, 0.15) is 11.5 Å². The van der Waals surface area contributed by atoms with Crippen LogP contribution in [0.2, 0.25) is 0 Å². The molecule has 0 fully saturated rings. The van der Waals surface area contributed by atoms with E-state index in [2.05, 4.69) is 0 Å². The molecule has 0 atom stereocenters. The standard InChI is InChI=1S/C31H24O4/c32-28(24-7-3-1-4-8-24)20-30(34)26-15-11-22(12-16-26)19-23-13-17-27(18-14-23)31(35)21-29(33)25-9-5-2-6-10-25/h1-18,20-21,32-33H,19H2. The number of carbonyl (C=O) groups is 2. The Bertz CT molecular complexity index is 1260. The van der Waals surface area contributed by atoms with Crippen molar-refractivity contribution in [3.8, 4) is 0 Å². The molecule has 0 aliphatic rings. The summed E-state index contributed by atoms with van der Waals surface area (Å²) in [5.41, 5.74) is 4.18. The molecule has 4 aromatic carbocycles. The van der Waals surface area contributed by atoms with E-state index in [1.807, 2.05) is 36.4 Å². The van der Waals surface area contributed by atoms with Gasteiger partial charge >= 0.3 is 0 Å². The van der Waals surface area contributed by atoms with Gasteiger partial charge in [-0.25, -0.2) is 0 Å². The van der Waals surface area contributed by atoms with Crippen molar-refractivity contribution in [1.29, 1.82) is 0 Å². The van der Waals surface area contributed by atoms with Crippen LogP contribution in [0.15, 0.2) is 121 Å². The third-order valence-electron chi connectivity index (χ3n) is 5.56. The molecule has 0 unspecified atom stereocenters. The van der Waals surface area contributed by atoms with Gasteiger partial charge in [0.25, 0.3) is 0 Å². The zero-order valence-electron chi connectivity index (χ0n) is 19.0. The van der Waals surface area contributed by atoms with Gasteiger partial charge in [0.15, 0.2) is 11.6 Å². The molecule has 0 radical (unpaired) electrons. The summed E-state index contributed by atoms with van der Waals surface area (Å²) in [7, 11) is 0. The molecule has 0 aromatic heterocycles. The summed E-state index contributed by atoms with van der Waals surface area (Å²) in [6, 6.07) is 32.3. The number of benzene rings is 4. The molecule has 35 heavy (non-hydrogen) atoms. The molecule has 0 spiro atoms. The maximum atomic E-state index is 12.5.